The van der Waals surface area contributed by atoms with Crippen molar-refractivity contribution in [3.05, 3.63) is 89.5 Å². The second-order valence-corrected chi connectivity index (χ2v) is 5.60. The third kappa shape index (κ3) is 2.42. The smallest absolute Gasteiger partial charge is 0.118 e. The summed E-state index contributed by atoms with van der Waals surface area (Å²) in [5.41, 5.74) is 7.13. The number of ether oxygens (including phenoxy) is 1. The minimum atomic E-state index is 0.701. The van der Waals surface area contributed by atoms with Gasteiger partial charge in [-0.25, -0.2) is 0 Å². The van der Waals surface area contributed by atoms with Gasteiger partial charge in [0.15, 0.2) is 0 Å². The van der Waals surface area contributed by atoms with Crippen molar-refractivity contribution in [2.45, 2.75) is 6.54 Å². The van der Waals surface area contributed by atoms with Crippen molar-refractivity contribution in [2.24, 2.45) is 4.99 Å². The van der Waals surface area contributed by atoms with E-state index in [0.717, 1.165) is 17.0 Å². The first-order valence-electron chi connectivity index (χ1n) is 7.73. The molecule has 0 N–H and O–H groups in total. The molecule has 1 aliphatic heterocycles. The predicted molar refractivity (Wildman–Crippen MR) is 94.2 cm³/mol. The minimum absolute atomic E-state index is 0.701. The van der Waals surface area contributed by atoms with Crippen molar-refractivity contribution in [1.82, 2.24) is 0 Å². The first-order chi connectivity index (χ1) is 11.4. The van der Waals surface area contributed by atoms with E-state index in [9.17, 15) is 0 Å². The largest absolute Gasteiger partial charge is 0.497 e. The van der Waals surface area contributed by atoms with Gasteiger partial charge in [-0.05, 0) is 41.0 Å². The topological polar surface area (TPSA) is 21.6 Å². The lowest BCUT2D eigenvalue weighted by molar-refractivity contribution is 0.415. The van der Waals surface area contributed by atoms with E-state index < -0.39 is 0 Å². The lowest BCUT2D eigenvalue weighted by Gasteiger charge is -2.11. The third-order valence-electron chi connectivity index (χ3n) is 4.26. The van der Waals surface area contributed by atoms with Gasteiger partial charge in [-0.15, -0.1) is 0 Å². The van der Waals surface area contributed by atoms with E-state index in [1.165, 1.54) is 22.3 Å². The van der Waals surface area contributed by atoms with Crippen LogP contribution in [0.5, 0.6) is 5.75 Å². The van der Waals surface area contributed by atoms with Gasteiger partial charge in [0.25, 0.3) is 0 Å². The number of methoxy groups -OCH3 is 1. The molecular formula is C21H17NO. The molecule has 23 heavy (non-hydrogen) atoms. The lowest BCUT2D eigenvalue weighted by atomic mass is 9.92. The molecule has 0 aromatic heterocycles. The lowest BCUT2D eigenvalue weighted by Crippen LogP contribution is -2.04. The van der Waals surface area contributed by atoms with Gasteiger partial charge in [0.05, 0.1) is 19.4 Å². The normalized spacial score (nSPS) is 12.7. The number of rotatable bonds is 2. The summed E-state index contributed by atoms with van der Waals surface area (Å²) in [5.74, 6) is 0.861. The van der Waals surface area contributed by atoms with Crippen LogP contribution in [0.25, 0.3) is 11.1 Å². The molecule has 1 heterocycles. The van der Waals surface area contributed by atoms with E-state index in [2.05, 4.69) is 60.7 Å². The van der Waals surface area contributed by atoms with Gasteiger partial charge in [0.2, 0.25) is 0 Å². The molecule has 0 radical (unpaired) electrons. The van der Waals surface area contributed by atoms with E-state index in [4.69, 9.17) is 9.73 Å². The molecular weight excluding hydrogens is 282 g/mol. The van der Waals surface area contributed by atoms with Gasteiger partial charge >= 0.3 is 0 Å². The summed E-state index contributed by atoms with van der Waals surface area (Å²) in [7, 11) is 1.68. The number of aliphatic imine (C=N–C) groups is 1. The maximum Gasteiger partial charge on any atom is 0.118 e. The highest BCUT2D eigenvalue weighted by Crippen LogP contribution is 2.32. The highest BCUT2D eigenvalue weighted by Gasteiger charge is 2.17. The van der Waals surface area contributed by atoms with Crippen LogP contribution in [0, 0.1) is 0 Å². The van der Waals surface area contributed by atoms with Crippen LogP contribution in [0.1, 0.15) is 16.7 Å². The summed E-state index contributed by atoms with van der Waals surface area (Å²) in [6, 6.07) is 25.1. The molecule has 2 nitrogen and oxygen atoms in total. The van der Waals surface area contributed by atoms with Crippen molar-refractivity contribution in [3.63, 3.8) is 0 Å². The molecule has 2 heteroatoms. The molecule has 0 unspecified atom stereocenters. The molecule has 0 aliphatic carbocycles. The second kappa shape index (κ2) is 5.73. The Morgan fingerprint density at radius 3 is 2.13 bits per heavy atom. The Hall–Kier alpha value is -2.87. The van der Waals surface area contributed by atoms with Crippen molar-refractivity contribution in [1.29, 1.82) is 0 Å². The van der Waals surface area contributed by atoms with Crippen LogP contribution in [0.3, 0.4) is 0 Å². The maximum absolute atomic E-state index is 5.26. The second-order valence-electron chi connectivity index (χ2n) is 5.60. The monoisotopic (exact) mass is 299 g/mol. The molecule has 4 rings (SSSR count). The third-order valence-corrected chi connectivity index (χ3v) is 4.26. The van der Waals surface area contributed by atoms with Crippen LogP contribution in [0.15, 0.2) is 77.8 Å². The Balaban J connectivity index is 1.90. The number of nitrogens with zero attached hydrogens (tertiary/aromatic N) is 1. The van der Waals surface area contributed by atoms with E-state index >= 15 is 0 Å². The Labute approximate surface area is 136 Å². The van der Waals surface area contributed by atoms with Crippen molar-refractivity contribution >= 4 is 5.71 Å². The summed E-state index contributed by atoms with van der Waals surface area (Å²) in [6.45, 7) is 0.701. The van der Waals surface area contributed by atoms with E-state index in [0.29, 0.717) is 6.54 Å². The SMILES string of the molecule is COc1ccc(C2=NCc3ccccc3-c3ccccc32)cc1. The highest BCUT2D eigenvalue weighted by molar-refractivity contribution is 6.17. The Kier molecular flexibility index (Phi) is 3.43. The van der Waals surface area contributed by atoms with Gasteiger partial charge in [-0.1, -0.05) is 48.5 Å². The zero-order chi connectivity index (χ0) is 15.6. The van der Waals surface area contributed by atoms with Crippen LogP contribution < -0.4 is 4.74 Å². The molecule has 0 spiro atoms. The quantitative estimate of drug-likeness (QED) is 0.671. The fraction of sp³-hybridized carbons (Fsp3) is 0.0952. The Bertz CT molecular complexity index is 878. The van der Waals surface area contributed by atoms with Gasteiger partial charge in [-0.2, -0.15) is 0 Å². The molecule has 0 saturated carbocycles. The first kappa shape index (κ1) is 13.8. The zero-order valence-corrected chi connectivity index (χ0v) is 13.0. The fourth-order valence-electron chi connectivity index (χ4n) is 3.09. The van der Waals surface area contributed by atoms with Gasteiger partial charge < -0.3 is 4.74 Å². The zero-order valence-electron chi connectivity index (χ0n) is 13.0. The summed E-state index contributed by atoms with van der Waals surface area (Å²) >= 11 is 0. The Morgan fingerprint density at radius 2 is 1.39 bits per heavy atom. The first-order valence-corrected chi connectivity index (χ1v) is 7.73. The summed E-state index contributed by atoms with van der Waals surface area (Å²) in [6.07, 6.45) is 0. The van der Waals surface area contributed by atoms with E-state index in [1.807, 2.05) is 12.1 Å². The summed E-state index contributed by atoms with van der Waals surface area (Å²) < 4.78 is 5.26. The maximum atomic E-state index is 5.26. The van der Waals surface area contributed by atoms with Crippen molar-refractivity contribution in [3.8, 4) is 16.9 Å². The van der Waals surface area contributed by atoms with E-state index in [1.54, 1.807) is 7.11 Å². The average molecular weight is 299 g/mol. The summed E-state index contributed by atoms with van der Waals surface area (Å²) in [4.78, 5) is 4.91. The van der Waals surface area contributed by atoms with Crippen molar-refractivity contribution in [2.75, 3.05) is 7.11 Å². The molecule has 0 fully saturated rings. The molecule has 0 atom stereocenters. The Morgan fingerprint density at radius 1 is 0.739 bits per heavy atom. The van der Waals surface area contributed by atoms with E-state index in [-0.39, 0.29) is 0 Å². The minimum Gasteiger partial charge on any atom is -0.497 e. The fourth-order valence-corrected chi connectivity index (χ4v) is 3.09. The number of fused-ring (bicyclic) bond motifs is 3. The number of hydrogen-bond acceptors (Lipinski definition) is 2. The van der Waals surface area contributed by atoms with Gasteiger partial charge in [0, 0.05) is 11.1 Å². The van der Waals surface area contributed by atoms with Gasteiger partial charge in [0.1, 0.15) is 5.75 Å². The molecule has 0 bridgehead atoms. The molecule has 3 aromatic carbocycles. The predicted octanol–water partition coefficient (Wildman–Crippen LogP) is 4.71. The highest BCUT2D eigenvalue weighted by atomic mass is 16.5. The van der Waals surface area contributed by atoms with Crippen molar-refractivity contribution < 1.29 is 4.74 Å². The number of benzene rings is 3. The molecule has 3 aromatic rings. The van der Waals surface area contributed by atoms with Crippen LogP contribution in [0.4, 0.5) is 0 Å². The van der Waals surface area contributed by atoms with Crippen LogP contribution in [-0.4, -0.2) is 12.8 Å². The average Bonchev–Trinajstić information content (AvgIpc) is 2.79. The number of hydrogen-bond donors (Lipinski definition) is 0. The summed E-state index contributed by atoms with van der Waals surface area (Å²) in [5, 5.41) is 0. The van der Waals surface area contributed by atoms with Crippen LogP contribution in [-0.2, 0) is 6.54 Å². The van der Waals surface area contributed by atoms with Crippen LogP contribution in [0.2, 0.25) is 0 Å². The molecule has 0 amide bonds. The van der Waals surface area contributed by atoms with Crippen LogP contribution >= 0.6 is 0 Å². The molecule has 112 valence electrons. The standard InChI is InChI=1S/C21H17NO/c1-23-17-12-10-15(11-13-17)21-20-9-5-4-8-19(20)18-7-3-2-6-16(18)14-22-21/h2-13H,14H2,1H3. The van der Waals surface area contributed by atoms with Gasteiger partial charge in [-0.3, -0.25) is 4.99 Å². The molecule has 0 saturated heterocycles. The molecule has 1 aliphatic rings.